The zero-order chi connectivity index (χ0) is 13.4. The largest absolute Gasteiger partial charge is 0.381 e. The molecule has 1 N–H and O–H groups in total. The maximum Gasteiger partial charge on any atom is 0.160 e. The minimum Gasteiger partial charge on any atom is -0.381 e. The van der Waals surface area contributed by atoms with Gasteiger partial charge in [-0.2, -0.15) is 0 Å². The molecule has 5 heteroatoms. The summed E-state index contributed by atoms with van der Waals surface area (Å²) in [5.74, 6) is -0.542. The Morgan fingerprint density at radius 2 is 1.84 bits per heavy atom. The van der Waals surface area contributed by atoms with Crippen molar-refractivity contribution >= 4 is 28.9 Å². The van der Waals surface area contributed by atoms with E-state index in [-0.39, 0.29) is 10.0 Å². The summed E-state index contributed by atoms with van der Waals surface area (Å²) in [6.07, 6.45) is 4.96. The molecule has 0 spiro atoms. The van der Waals surface area contributed by atoms with Crippen LogP contribution >= 0.6 is 23.2 Å². The molecule has 3 rings (SSSR count). The highest BCUT2D eigenvalue weighted by Gasteiger charge is 2.35. The average Bonchev–Trinajstić information content (AvgIpc) is 2.79. The molecule has 0 aromatic heterocycles. The van der Waals surface area contributed by atoms with Gasteiger partial charge in [0.25, 0.3) is 0 Å². The maximum absolute atomic E-state index is 13.4. The van der Waals surface area contributed by atoms with E-state index < -0.39 is 5.82 Å². The quantitative estimate of drug-likeness (QED) is 0.825. The van der Waals surface area contributed by atoms with Crippen LogP contribution in [0.3, 0.4) is 0 Å². The lowest BCUT2D eigenvalue weighted by Gasteiger charge is -2.33. The molecule has 19 heavy (non-hydrogen) atoms. The van der Waals surface area contributed by atoms with E-state index in [1.165, 1.54) is 25.8 Å². The molecule has 2 heterocycles. The highest BCUT2D eigenvalue weighted by molar-refractivity contribution is 6.35. The van der Waals surface area contributed by atoms with E-state index in [4.69, 9.17) is 23.2 Å². The molecule has 1 aromatic rings. The summed E-state index contributed by atoms with van der Waals surface area (Å²) in [6, 6.07) is 4.25. The van der Waals surface area contributed by atoms with Crippen molar-refractivity contribution < 1.29 is 4.39 Å². The fourth-order valence-corrected chi connectivity index (χ4v) is 3.76. The summed E-state index contributed by atoms with van der Waals surface area (Å²) in [5, 5.41) is 3.63. The molecule has 2 fully saturated rings. The van der Waals surface area contributed by atoms with Crippen molar-refractivity contribution in [1.29, 1.82) is 0 Å². The number of nitrogens with one attached hydrogen (secondary N) is 1. The average molecular weight is 303 g/mol. The first-order chi connectivity index (χ1) is 9.15. The molecule has 0 radical (unpaired) electrons. The van der Waals surface area contributed by atoms with E-state index >= 15 is 0 Å². The molecule has 2 saturated heterocycles. The first-order valence-electron chi connectivity index (χ1n) is 6.80. The number of anilines is 1. The number of hydrogen-bond donors (Lipinski definition) is 1. The van der Waals surface area contributed by atoms with E-state index in [2.05, 4.69) is 10.2 Å². The van der Waals surface area contributed by atoms with Gasteiger partial charge in [-0.3, -0.25) is 4.90 Å². The Morgan fingerprint density at radius 1 is 1.11 bits per heavy atom. The van der Waals surface area contributed by atoms with Crippen molar-refractivity contribution in [3.63, 3.8) is 0 Å². The standard InChI is InChI=1S/C14H17Cl2FN2/c15-10-7-9(8-11(16)14(10)17)18-12-4-6-19-5-2-1-3-13(12)19/h7-8,12-13,18H,1-6H2. The molecule has 2 unspecified atom stereocenters. The van der Waals surface area contributed by atoms with Gasteiger partial charge >= 0.3 is 0 Å². The van der Waals surface area contributed by atoms with Crippen LogP contribution in [0.5, 0.6) is 0 Å². The van der Waals surface area contributed by atoms with Crippen LogP contribution in [0.25, 0.3) is 0 Å². The van der Waals surface area contributed by atoms with Gasteiger partial charge in [0.2, 0.25) is 0 Å². The van der Waals surface area contributed by atoms with Gasteiger partial charge in [0.1, 0.15) is 0 Å². The third kappa shape index (κ3) is 2.69. The monoisotopic (exact) mass is 302 g/mol. The molecule has 2 atom stereocenters. The van der Waals surface area contributed by atoms with E-state index in [1.807, 2.05) is 0 Å². The van der Waals surface area contributed by atoms with Crippen LogP contribution in [-0.2, 0) is 0 Å². The number of hydrogen-bond acceptors (Lipinski definition) is 2. The van der Waals surface area contributed by atoms with Crippen molar-refractivity contribution in [3.8, 4) is 0 Å². The molecule has 2 aliphatic rings. The second-order valence-electron chi connectivity index (χ2n) is 5.39. The van der Waals surface area contributed by atoms with Crippen LogP contribution in [0, 0.1) is 5.82 Å². The van der Waals surface area contributed by atoms with Crippen molar-refractivity contribution in [1.82, 2.24) is 4.90 Å². The number of halogens is 3. The Labute approximate surface area is 122 Å². The fraction of sp³-hybridized carbons (Fsp3) is 0.571. The Kier molecular flexibility index (Phi) is 3.88. The van der Waals surface area contributed by atoms with Crippen LogP contribution in [0.1, 0.15) is 25.7 Å². The first kappa shape index (κ1) is 13.5. The molecule has 0 saturated carbocycles. The van der Waals surface area contributed by atoms with Gasteiger partial charge in [-0.05, 0) is 37.9 Å². The lowest BCUT2D eigenvalue weighted by molar-refractivity contribution is 0.193. The number of nitrogens with zero attached hydrogens (tertiary/aromatic N) is 1. The number of rotatable bonds is 2. The third-order valence-electron chi connectivity index (χ3n) is 4.19. The second kappa shape index (κ2) is 5.47. The molecular weight excluding hydrogens is 286 g/mol. The highest BCUT2D eigenvalue weighted by atomic mass is 35.5. The first-order valence-corrected chi connectivity index (χ1v) is 7.56. The zero-order valence-electron chi connectivity index (χ0n) is 10.6. The SMILES string of the molecule is Fc1c(Cl)cc(NC2CCN3CCCCC23)cc1Cl. The van der Waals surface area contributed by atoms with E-state index in [0.717, 1.165) is 18.7 Å². The van der Waals surface area contributed by atoms with Crippen molar-refractivity contribution in [2.75, 3.05) is 18.4 Å². The Balaban J connectivity index is 1.75. The van der Waals surface area contributed by atoms with Crippen LogP contribution < -0.4 is 5.32 Å². The second-order valence-corrected chi connectivity index (χ2v) is 6.21. The predicted molar refractivity (Wildman–Crippen MR) is 77.7 cm³/mol. The summed E-state index contributed by atoms with van der Waals surface area (Å²) in [4.78, 5) is 2.55. The Hall–Kier alpha value is -0.510. The summed E-state index contributed by atoms with van der Waals surface area (Å²) in [7, 11) is 0. The third-order valence-corrected chi connectivity index (χ3v) is 4.74. The smallest absolute Gasteiger partial charge is 0.160 e. The summed E-state index contributed by atoms with van der Waals surface area (Å²) < 4.78 is 13.4. The molecular formula is C14H17Cl2FN2. The summed E-state index contributed by atoms with van der Waals surface area (Å²) in [5.41, 5.74) is 0.814. The van der Waals surface area contributed by atoms with Gasteiger partial charge in [0.05, 0.1) is 10.0 Å². The fourth-order valence-electron chi connectivity index (χ4n) is 3.27. The van der Waals surface area contributed by atoms with Crippen LogP contribution in [-0.4, -0.2) is 30.1 Å². The van der Waals surface area contributed by atoms with E-state index in [9.17, 15) is 4.39 Å². The van der Waals surface area contributed by atoms with Crippen molar-refractivity contribution in [2.45, 2.75) is 37.8 Å². The molecule has 1 aromatic carbocycles. The zero-order valence-corrected chi connectivity index (χ0v) is 12.1. The van der Waals surface area contributed by atoms with Crippen LogP contribution in [0.15, 0.2) is 12.1 Å². The molecule has 0 bridgehead atoms. The lowest BCUT2D eigenvalue weighted by atomic mass is 9.99. The molecule has 2 aliphatic heterocycles. The molecule has 104 valence electrons. The minimum absolute atomic E-state index is 0.0773. The van der Waals surface area contributed by atoms with Gasteiger partial charge in [0.15, 0.2) is 5.82 Å². The van der Waals surface area contributed by atoms with E-state index in [0.29, 0.717) is 12.1 Å². The molecule has 2 nitrogen and oxygen atoms in total. The Morgan fingerprint density at radius 3 is 2.58 bits per heavy atom. The summed E-state index contributed by atoms with van der Waals surface area (Å²) in [6.45, 7) is 2.35. The van der Waals surface area contributed by atoms with Crippen molar-refractivity contribution in [3.05, 3.63) is 28.0 Å². The number of piperidine rings is 1. The molecule has 0 amide bonds. The van der Waals surface area contributed by atoms with Gasteiger partial charge in [-0.15, -0.1) is 0 Å². The highest BCUT2D eigenvalue weighted by Crippen LogP contribution is 2.32. The van der Waals surface area contributed by atoms with Crippen LogP contribution in [0.4, 0.5) is 10.1 Å². The number of benzene rings is 1. The topological polar surface area (TPSA) is 15.3 Å². The minimum atomic E-state index is -0.542. The molecule has 0 aliphatic carbocycles. The maximum atomic E-state index is 13.4. The number of fused-ring (bicyclic) bond motifs is 1. The van der Waals surface area contributed by atoms with Crippen molar-refractivity contribution in [2.24, 2.45) is 0 Å². The van der Waals surface area contributed by atoms with Crippen LogP contribution in [0.2, 0.25) is 10.0 Å². The Bertz CT molecular complexity index is 458. The van der Waals surface area contributed by atoms with Gasteiger partial charge in [-0.1, -0.05) is 29.6 Å². The lowest BCUT2D eigenvalue weighted by Crippen LogP contribution is -2.41. The van der Waals surface area contributed by atoms with Gasteiger partial charge in [-0.25, -0.2) is 4.39 Å². The van der Waals surface area contributed by atoms with Gasteiger partial charge < -0.3 is 5.32 Å². The van der Waals surface area contributed by atoms with Gasteiger partial charge in [0, 0.05) is 24.3 Å². The summed E-state index contributed by atoms with van der Waals surface area (Å²) >= 11 is 11.7. The predicted octanol–water partition coefficient (Wildman–Crippen LogP) is 4.17. The normalized spacial score (nSPS) is 27.3. The van der Waals surface area contributed by atoms with E-state index in [1.54, 1.807) is 12.1 Å².